The molecule has 0 atom stereocenters. The van der Waals surface area contributed by atoms with Crippen LogP contribution in [-0.4, -0.2) is 20.7 Å². The molecule has 5 aromatic rings. The van der Waals surface area contributed by atoms with Crippen LogP contribution in [0.2, 0.25) is 0 Å². The van der Waals surface area contributed by atoms with E-state index in [2.05, 4.69) is 124 Å². The fourth-order valence-corrected chi connectivity index (χ4v) is 8.73. The van der Waals surface area contributed by atoms with Gasteiger partial charge in [-0.05, 0) is 59.6 Å². The van der Waals surface area contributed by atoms with Gasteiger partial charge in [0.2, 0.25) is 0 Å². The summed E-state index contributed by atoms with van der Waals surface area (Å²) in [6.45, 7) is 6.29. The number of nitrogens with zero attached hydrogens (tertiary/aromatic N) is 2. The number of furan rings is 1. The molecular weight excluding hydrogens is 595 g/mol. The molecule has 0 aliphatic carbocycles. The molecule has 4 aromatic carbocycles. The molecule has 0 bridgehead atoms. The summed E-state index contributed by atoms with van der Waals surface area (Å²) < 4.78 is 11.5. The quantitative estimate of drug-likeness (QED) is 0.105. The zero-order valence-electron chi connectivity index (χ0n) is 22.5. The van der Waals surface area contributed by atoms with E-state index in [4.69, 9.17) is 34.3 Å². The van der Waals surface area contributed by atoms with Gasteiger partial charge >= 0.3 is 33.3 Å². The predicted molar refractivity (Wildman–Crippen MR) is 170 cm³/mol. The number of rotatable bonds is 7. The van der Waals surface area contributed by atoms with Crippen LogP contribution in [0.1, 0.15) is 28.2 Å². The topological polar surface area (TPSA) is 37.9 Å². The van der Waals surface area contributed by atoms with Crippen LogP contribution in [0.15, 0.2) is 129 Å². The summed E-state index contributed by atoms with van der Waals surface area (Å²) in [5.74, 6) is 1.41. The van der Waals surface area contributed by atoms with Gasteiger partial charge in [-0.1, -0.05) is 109 Å². The molecule has 3 nitrogen and oxygen atoms in total. The number of benzene rings is 4. The van der Waals surface area contributed by atoms with Crippen molar-refractivity contribution in [2.45, 2.75) is 20.8 Å². The zero-order chi connectivity index (χ0) is 28.4. The molecule has 0 amide bonds. The fraction of sp³-hybridized carbons (Fsp3) is 0.0909. The van der Waals surface area contributed by atoms with Crippen LogP contribution in [0.5, 0.6) is 0 Å². The summed E-state index contributed by atoms with van der Waals surface area (Å²) in [5, 5.41) is 3.67. The number of hydrogen-bond acceptors (Lipinski definition) is 3. The third-order valence-electron chi connectivity index (χ3n) is 6.56. The summed E-state index contributed by atoms with van der Waals surface area (Å²) in [5.41, 5.74) is 4.55. The normalized spacial score (nSPS) is 11.6. The Morgan fingerprint density at radius 2 is 1.02 bits per heavy atom. The summed E-state index contributed by atoms with van der Waals surface area (Å²) >= 11 is 0.194. The Morgan fingerprint density at radius 3 is 1.45 bits per heavy atom. The van der Waals surface area contributed by atoms with Gasteiger partial charge in [-0.15, -0.1) is 0 Å². The second-order valence-corrected chi connectivity index (χ2v) is 14.6. The molecule has 0 fully saturated rings. The second kappa shape index (κ2) is 14.4. The Kier molecular flexibility index (Phi) is 10.8. The first-order chi connectivity index (χ1) is 19.5. The van der Waals surface area contributed by atoms with Crippen molar-refractivity contribution < 1.29 is 17.6 Å². The van der Waals surface area contributed by atoms with Crippen LogP contribution in [0.4, 0.5) is 5.69 Å². The summed E-state index contributed by atoms with van der Waals surface area (Å²) in [6, 6.07) is 40.1. The maximum absolute atomic E-state index is 6.14. The van der Waals surface area contributed by atoms with E-state index in [0.717, 1.165) is 16.8 Å². The van der Waals surface area contributed by atoms with E-state index in [0.29, 0.717) is 11.5 Å². The van der Waals surface area contributed by atoms with Gasteiger partial charge in [-0.2, -0.15) is 0 Å². The fourth-order valence-electron chi connectivity index (χ4n) is 4.93. The molecule has 7 heteroatoms. The van der Waals surface area contributed by atoms with Crippen LogP contribution < -0.4 is 15.6 Å². The maximum atomic E-state index is 6.14. The van der Waals surface area contributed by atoms with Gasteiger partial charge in [-0.25, -0.2) is 0 Å². The molecule has 0 unspecified atom stereocenters. The van der Waals surface area contributed by atoms with Crippen LogP contribution in [0.3, 0.4) is 0 Å². The van der Waals surface area contributed by atoms with E-state index in [1.165, 1.54) is 21.1 Å². The molecular formula is C33H30Cl2FeN2OSi. The average molecular weight is 625 g/mol. The first kappa shape index (κ1) is 29.8. The summed E-state index contributed by atoms with van der Waals surface area (Å²) in [6.07, 6.45) is 3.68. The Hall–Kier alpha value is -3.18. The van der Waals surface area contributed by atoms with Crippen molar-refractivity contribution in [3.8, 4) is 0 Å². The standard InChI is InChI=1S/C33H30N2OSi.2ClH.Fe/c1-25-21-26(2)33(27(3)22-25)34-23-28-19-20-29(36-28)24-35-37(30-13-7-4-8-14-30,31-15-9-5-10-16-31)32-17-11-6-12-18-32;;;/h4-24H,1-3H3;2*1H;/q;;;+2/p-2/b34-23?,35-24+;;;. The van der Waals surface area contributed by atoms with Crippen molar-refractivity contribution in [1.82, 2.24) is 0 Å². The minimum atomic E-state index is -2.71. The van der Waals surface area contributed by atoms with E-state index in [9.17, 15) is 0 Å². The monoisotopic (exact) mass is 624 g/mol. The molecule has 0 saturated carbocycles. The molecule has 0 spiro atoms. The van der Waals surface area contributed by atoms with E-state index < -0.39 is 8.24 Å². The van der Waals surface area contributed by atoms with Crippen molar-refractivity contribution in [1.29, 1.82) is 0 Å². The predicted octanol–water partition coefficient (Wildman–Crippen LogP) is 7.42. The van der Waals surface area contributed by atoms with Crippen LogP contribution in [0, 0.1) is 20.8 Å². The van der Waals surface area contributed by atoms with E-state index >= 15 is 0 Å². The molecule has 0 N–H and O–H groups in total. The molecule has 204 valence electrons. The van der Waals surface area contributed by atoms with Gasteiger partial charge in [0.25, 0.3) is 8.24 Å². The molecule has 0 aliphatic rings. The number of halogens is 2. The van der Waals surface area contributed by atoms with Gasteiger partial charge < -0.3 is 9.08 Å². The van der Waals surface area contributed by atoms with Crippen LogP contribution in [0.25, 0.3) is 0 Å². The third-order valence-corrected chi connectivity index (χ3v) is 10.6. The van der Waals surface area contributed by atoms with Gasteiger partial charge in [0, 0.05) is 0 Å². The number of aryl methyl sites for hydroxylation is 3. The average Bonchev–Trinajstić information content (AvgIpc) is 3.43. The van der Waals surface area contributed by atoms with E-state index in [1.54, 1.807) is 6.21 Å². The molecule has 1 aromatic heterocycles. The summed E-state index contributed by atoms with van der Waals surface area (Å²) in [7, 11) is 6.81. The minimum absolute atomic E-state index is 0.194. The van der Waals surface area contributed by atoms with Gasteiger partial charge in [-0.3, -0.25) is 4.99 Å². The Balaban J connectivity index is 0.00000118. The van der Waals surface area contributed by atoms with Crippen molar-refractivity contribution in [3.63, 3.8) is 0 Å². The van der Waals surface area contributed by atoms with Crippen LogP contribution in [-0.2, 0) is 13.1 Å². The first-order valence-electron chi connectivity index (χ1n) is 12.8. The zero-order valence-corrected chi connectivity index (χ0v) is 26.2. The number of hydrogen-bond donors (Lipinski definition) is 0. The van der Waals surface area contributed by atoms with E-state index in [1.807, 2.05) is 18.3 Å². The number of aliphatic imine (C=N–C) groups is 1. The second-order valence-electron chi connectivity index (χ2n) is 9.36. The third kappa shape index (κ3) is 7.11. The van der Waals surface area contributed by atoms with Gasteiger partial charge in [0.05, 0.1) is 18.1 Å². The summed E-state index contributed by atoms with van der Waals surface area (Å²) in [4.78, 5) is 4.73. The molecule has 0 saturated heterocycles. The first-order valence-corrected chi connectivity index (χ1v) is 17.7. The van der Waals surface area contributed by atoms with Gasteiger partial charge in [0.1, 0.15) is 11.5 Å². The Labute approximate surface area is 252 Å². The Morgan fingerprint density at radius 1 is 0.625 bits per heavy atom. The van der Waals surface area contributed by atoms with E-state index in [-0.39, 0.29) is 13.1 Å². The molecule has 40 heavy (non-hydrogen) atoms. The molecule has 0 aliphatic heterocycles. The van der Waals surface area contributed by atoms with Crippen molar-refractivity contribution in [2.24, 2.45) is 9.65 Å². The SMILES string of the molecule is Cc1cc(C)c(N=Cc2ccc(/C=N/[Si](c3ccccc3)(c3ccccc3)c3ccccc3)o2)c(C)c1.[Cl][Fe][Cl]. The Bertz CT molecular complexity index is 1450. The van der Waals surface area contributed by atoms with Gasteiger partial charge in [0.15, 0.2) is 0 Å². The van der Waals surface area contributed by atoms with Crippen molar-refractivity contribution in [3.05, 3.63) is 143 Å². The van der Waals surface area contributed by atoms with Crippen molar-refractivity contribution >= 4 is 62.1 Å². The molecule has 5 rings (SSSR count). The molecule has 1 heterocycles. The molecule has 0 radical (unpaired) electrons. The van der Waals surface area contributed by atoms with Crippen molar-refractivity contribution in [2.75, 3.05) is 0 Å². The van der Waals surface area contributed by atoms with Crippen LogP contribution >= 0.6 is 20.2 Å².